The number of rotatable bonds is 9. The number of ether oxygens (including phenoxy) is 3. The van der Waals surface area contributed by atoms with Gasteiger partial charge in [0.1, 0.15) is 5.56 Å². The Bertz CT molecular complexity index is 1000. The third-order valence-corrected chi connectivity index (χ3v) is 4.78. The lowest BCUT2D eigenvalue weighted by Gasteiger charge is -2.20. The van der Waals surface area contributed by atoms with E-state index in [0.29, 0.717) is 12.2 Å². The summed E-state index contributed by atoms with van der Waals surface area (Å²) in [5.41, 5.74) is 2.26. The van der Waals surface area contributed by atoms with Crippen molar-refractivity contribution in [3.63, 3.8) is 0 Å². The summed E-state index contributed by atoms with van der Waals surface area (Å²) < 4.78 is 15.7. The van der Waals surface area contributed by atoms with Crippen molar-refractivity contribution >= 4 is 11.9 Å². The minimum atomic E-state index is -0.662. The zero-order valence-electron chi connectivity index (χ0n) is 17.5. The van der Waals surface area contributed by atoms with Gasteiger partial charge in [0, 0.05) is 0 Å². The lowest BCUT2D eigenvalue weighted by molar-refractivity contribution is -0.125. The van der Waals surface area contributed by atoms with Crippen LogP contribution in [-0.4, -0.2) is 32.7 Å². The van der Waals surface area contributed by atoms with Crippen LogP contribution in [0.3, 0.4) is 0 Å². The van der Waals surface area contributed by atoms with Gasteiger partial charge >= 0.3 is 5.97 Å². The number of carbonyl (C=O) groups excluding carboxylic acids is 2. The van der Waals surface area contributed by atoms with Crippen LogP contribution in [0, 0.1) is 0 Å². The molecule has 0 radical (unpaired) electrons. The van der Waals surface area contributed by atoms with Crippen LogP contribution < -0.4 is 14.8 Å². The number of hydrogen-bond acceptors (Lipinski definition) is 5. The summed E-state index contributed by atoms with van der Waals surface area (Å²) in [7, 11) is 2.92. The molecule has 0 aliphatic rings. The summed E-state index contributed by atoms with van der Waals surface area (Å²) in [6, 6.07) is 24.2. The van der Waals surface area contributed by atoms with Gasteiger partial charge < -0.3 is 19.5 Å². The van der Waals surface area contributed by atoms with E-state index in [2.05, 4.69) is 5.32 Å². The van der Waals surface area contributed by atoms with E-state index in [1.54, 1.807) is 18.2 Å². The Labute approximate surface area is 181 Å². The first-order valence-electron chi connectivity index (χ1n) is 9.88. The maximum Gasteiger partial charge on any atom is 0.342 e. The number of carbonyl (C=O) groups is 2. The second-order valence-corrected chi connectivity index (χ2v) is 6.84. The van der Waals surface area contributed by atoms with Gasteiger partial charge in [-0.1, -0.05) is 66.7 Å². The minimum Gasteiger partial charge on any atom is -0.493 e. The summed E-state index contributed by atoms with van der Waals surface area (Å²) >= 11 is 0. The van der Waals surface area contributed by atoms with Crippen LogP contribution in [0.1, 0.15) is 27.5 Å². The maximum absolute atomic E-state index is 12.6. The number of methoxy groups -OCH3 is 2. The van der Waals surface area contributed by atoms with Gasteiger partial charge in [-0.2, -0.15) is 0 Å². The van der Waals surface area contributed by atoms with Crippen LogP contribution in [0.25, 0.3) is 0 Å². The maximum atomic E-state index is 12.6. The fraction of sp³-hybridized carbons (Fsp3) is 0.200. The van der Waals surface area contributed by atoms with Crippen molar-refractivity contribution in [2.75, 3.05) is 20.8 Å². The molecule has 6 heteroatoms. The van der Waals surface area contributed by atoms with E-state index in [4.69, 9.17) is 14.2 Å². The number of esters is 1. The standard InChI is InChI=1S/C25H25NO5/c1-29-22-15-9-14-20(24(22)30-2)25(28)31-17-23(27)26-21(19-12-7-4-8-13-19)16-18-10-5-3-6-11-18/h3-15,21H,16-17H2,1-2H3,(H,26,27)/t21-/m1/s1. The van der Waals surface area contributed by atoms with E-state index in [1.165, 1.54) is 14.2 Å². The van der Waals surface area contributed by atoms with Gasteiger partial charge in [-0.05, 0) is 29.7 Å². The first-order valence-corrected chi connectivity index (χ1v) is 9.88. The van der Waals surface area contributed by atoms with Crippen molar-refractivity contribution in [3.05, 3.63) is 95.6 Å². The van der Waals surface area contributed by atoms with Crippen LogP contribution in [0.4, 0.5) is 0 Å². The fourth-order valence-corrected chi connectivity index (χ4v) is 3.28. The molecule has 1 atom stereocenters. The molecule has 0 unspecified atom stereocenters. The smallest absolute Gasteiger partial charge is 0.342 e. The van der Waals surface area contributed by atoms with Gasteiger partial charge in [-0.25, -0.2) is 4.79 Å². The number of nitrogens with one attached hydrogen (secondary N) is 1. The Kier molecular flexibility index (Phi) is 7.65. The van der Waals surface area contributed by atoms with E-state index >= 15 is 0 Å². The predicted octanol–water partition coefficient (Wildman–Crippen LogP) is 3.96. The molecule has 0 saturated carbocycles. The molecular weight excluding hydrogens is 394 g/mol. The summed E-state index contributed by atoms with van der Waals surface area (Å²) in [6.07, 6.45) is 0.619. The van der Waals surface area contributed by atoms with Crippen LogP contribution in [-0.2, 0) is 16.0 Å². The van der Waals surface area contributed by atoms with E-state index in [9.17, 15) is 9.59 Å². The Morgan fingerprint density at radius 1 is 0.839 bits per heavy atom. The Balaban J connectivity index is 1.67. The lowest BCUT2D eigenvalue weighted by atomic mass is 9.99. The predicted molar refractivity (Wildman–Crippen MR) is 117 cm³/mol. The number of benzene rings is 3. The fourth-order valence-electron chi connectivity index (χ4n) is 3.28. The van der Waals surface area contributed by atoms with Crippen LogP contribution in [0.5, 0.6) is 11.5 Å². The largest absolute Gasteiger partial charge is 0.493 e. The third kappa shape index (κ3) is 5.85. The minimum absolute atomic E-state index is 0.193. The highest BCUT2D eigenvalue weighted by Gasteiger charge is 2.20. The molecule has 1 amide bonds. The van der Waals surface area contributed by atoms with Crippen molar-refractivity contribution in [2.24, 2.45) is 0 Å². The average molecular weight is 419 g/mol. The molecule has 0 heterocycles. The zero-order valence-corrected chi connectivity index (χ0v) is 17.5. The molecule has 0 fully saturated rings. The quantitative estimate of drug-likeness (QED) is 0.532. The van der Waals surface area contributed by atoms with Gasteiger partial charge in [-0.15, -0.1) is 0 Å². The van der Waals surface area contributed by atoms with Gasteiger partial charge in [0.05, 0.1) is 20.3 Å². The average Bonchev–Trinajstić information content (AvgIpc) is 2.82. The van der Waals surface area contributed by atoms with Crippen LogP contribution >= 0.6 is 0 Å². The van der Waals surface area contributed by atoms with Crippen molar-refractivity contribution in [2.45, 2.75) is 12.5 Å². The molecule has 3 aromatic rings. The first-order chi connectivity index (χ1) is 15.1. The number of para-hydroxylation sites is 1. The molecule has 3 rings (SSSR count). The Morgan fingerprint density at radius 3 is 2.16 bits per heavy atom. The SMILES string of the molecule is COc1cccc(C(=O)OCC(=O)N[C@H](Cc2ccccc2)c2ccccc2)c1OC. The molecule has 0 saturated heterocycles. The second kappa shape index (κ2) is 10.8. The van der Waals surface area contributed by atoms with Crippen molar-refractivity contribution < 1.29 is 23.8 Å². The molecule has 0 bridgehead atoms. The molecule has 1 N–H and O–H groups in total. The van der Waals surface area contributed by atoms with Crippen LogP contribution in [0.15, 0.2) is 78.9 Å². The molecule has 0 aliphatic carbocycles. The van der Waals surface area contributed by atoms with E-state index < -0.39 is 12.6 Å². The second-order valence-electron chi connectivity index (χ2n) is 6.84. The zero-order chi connectivity index (χ0) is 22.1. The summed E-state index contributed by atoms with van der Waals surface area (Å²) in [6.45, 7) is -0.405. The van der Waals surface area contributed by atoms with Gasteiger partial charge in [0.25, 0.3) is 5.91 Å². The Morgan fingerprint density at radius 2 is 1.52 bits per heavy atom. The highest BCUT2D eigenvalue weighted by molar-refractivity contribution is 5.95. The van der Waals surface area contributed by atoms with Crippen LogP contribution in [0.2, 0.25) is 0 Å². The molecule has 0 spiro atoms. The summed E-state index contributed by atoms with van der Waals surface area (Å²) in [5.74, 6) is -0.375. The van der Waals surface area contributed by atoms with E-state index in [1.807, 2.05) is 60.7 Å². The van der Waals surface area contributed by atoms with Gasteiger partial charge in [-0.3, -0.25) is 4.79 Å². The number of hydrogen-bond donors (Lipinski definition) is 1. The van der Waals surface area contributed by atoms with E-state index in [-0.39, 0.29) is 23.3 Å². The molecule has 0 aromatic heterocycles. The topological polar surface area (TPSA) is 73.9 Å². The van der Waals surface area contributed by atoms with Gasteiger partial charge in [0.15, 0.2) is 18.1 Å². The highest BCUT2D eigenvalue weighted by Crippen LogP contribution is 2.31. The summed E-state index contributed by atoms with van der Waals surface area (Å²) in [5, 5.41) is 2.97. The van der Waals surface area contributed by atoms with Crippen molar-refractivity contribution in [1.82, 2.24) is 5.32 Å². The molecule has 0 aliphatic heterocycles. The molecular formula is C25H25NO5. The molecule has 31 heavy (non-hydrogen) atoms. The van der Waals surface area contributed by atoms with Crippen molar-refractivity contribution in [3.8, 4) is 11.5 Å². The third-order valence-electron chi connectivity index (χ3n) is 4.78. The lowest BCUT2D eigenvalue weighted by Crippen LogP contribution is -2.33. The van der Waals surface area contributed by atoms with Gasteiger partial charge in [0.2, 0.25) is 0 Å². The Hall–Kier alpha value is -3.80. The molecule has 3 aromatic carbocycles. The summed E-state index contributed by atoms with van der Waals surface area (Å²) in [4.78, 5) is 25.1. The highest BCUT2D eigenvalue weighted by atomic mass is 16.5. The van der Waals surface area contributed by atoms with E-state index in [0.717, 1.165) is 11.1 Å². The molecule has 160 valence electrons. The molecule has 6 nitrogen and oxygen atoms in total. The van der Waals surface area contributed by atoms with Crippen molar-refractivity contribution in [1.29, 1.82) is 0 Å². The first kappa shape index (κ1) is 21.9. The number of amides is 1. The monoisotopic (exact) mass is 419 g/mol. The normalized spacial score (nSPS) is 11.3.